The van der Waals surface area contributed by atoms with Crippen LogP contribution < -0.4 is 4.90 Å². The summed E-state index contributed by atoms with van der Waals surface area (Å²) in [7, 11) is 0. The van der Waals surface area contributed by atoms with Gasteiger partial charge >= 0.3 is 12.1 Å². The standard InChI is InChI=1S/C26H28N2O6/c1-5-33-24(31)22-14-19-18-13-17(29)15-27(25(32)34-26(2,3)4)20(18)11-12-21(19)28(22)23(30)16-9-7-6-8-10-16/h6-12,14,17,29H,5,13,15H2,1-4H3. The molecular formula is C26H28N2O6. The summed E-state index contributed by atoms with van der Waals surface area (Å²) in [6, 6.07) is 13.7. The Morgan fingerprint density at radius 3 is 2.44 bits per heavy atom. The number of carbonyl (C=O) groups excluding carboxylic acids is 3. The molecule has 1 N–H and O–H groups in total. The topological polar surface area (TPSA) is 98.1 Å². The molecule has 0 aliphatic carbocycles. The van der Waals surface area contributed by atoms with E-state index in [0.717, 1.165) is 0 Å². The number of aliphatic hydroxyl groups is 1. The number of rotatable bonds is 3. The molecule has 4 rings (SSSR count). The fourth-order valence-corrected chi connectivity index (χ4v) is 4.18. The van der Waals surface area contributed by atoms with Crippen molar-refractivity contribution in [1.29, 1.82) is 0 Å². The van der Waals surface area contributed by atoms with Crippen molar-refractivity contribution >= 4 is 34.6 Å². The second kappa shape index (κ2) is 8.95. The van der Waals surface area contributed by atoms with E-state index in [1.807, 2.05) is 0 Å². The van der Waals surface area contributed by atoms with Crippen molar-refractivity contribution in [3.05, 3.63) is 65.4 Å². The zero-order chi connectivity index (χ0) is 24.6. The van der Waals surface area contributed by atoms with Gasteiger partial charge in [-0.25, -0.2) is 9.59 Å². The number of benzene rings is 2. The molecule has 1 aliphatic heterocycles. The minimum Gasteiger partial charge on any atom is -0.461 e. The number of aliphatic hydroxyl groups excluding tert-OH is 1. The Balaban J connectivity index is 1.90. The van der Waals surface area contributed by atoms with Gasteiger partial charge < -0.3 is 14.6 Å². The lowest BCUT2D eigenvalue weighted by Crippen LogP contribution is -2.45. The summed E-state index contributed by atoms with van der Waals surface area (Å²) in [6.45, 7) is 7.26. The van der Waals surface area contributed by atoms with Crippen LogP contribution in [0.5, 0.6) is 0 Å². The predicted molar refractivity (Wildman–Crippen MR) is 127 cm³/mol. The number of nitrogens with zero attached hydrogens (tertiary/aromatic N) is 2. The number of amides is 1. The second-order valence-corrected chi connectivity index (χ2v) is 9.20. The molecule has 0 bridgehead atoms. The highest BCUT2D eigenvalue weighted by Gasteiger charge is 2.33. The Bertz CT molecular complexity index is 1260. The van der Waals surface area contributed by atoms with E-state index in [0.29, 0.717) is 27.7 Å². The molecule has 0 saturated heterocycles. The first kappa shape index (κ1) is 23.5. The van der Waals surface area contributed by atoms with Crippen LogP contribution in [0.25, 0.3) is 10.9 Å². The first-order valence-electron chi connectivity index (χ1n) is 11.2. The molecular weight excluding hydrogens is 436 g/mol. The molecule has 8 nitrogen and oxygen atoms in total. The Kier molecular flexibility index (Phi) is 6.18. The first-order chi connectivity index (χ1) is 16.1. The Labute approximate surface area is 197 Å². The molecule has 1 aliphatic rings. The molecule has 0 radical (unpaired) electrons. The maximum absolute atomic E-state index is 13.4. The van der Waals surface area contributed by atoms with Gasteiger partial charge in [0.2, 0.25) is 0 Å². The van der Waals surface area contributed by atoms with Crippen LogP contribution in [-0.2, 0) is 15.9 Å². The molecule has 0 fully saturated rings. The molecule has 0 spiro atoms. The lowest BCUT2D eigenvalue weighted by molar-refractivity contribution is 0.0509. The van der Waals surface area contributed by atoms with Crippen LogP contribution >= 0.6 is 0 Å². The first-order valence-corrected chi connectivity index (χ1v) is 11.2. The van der Waals surface area contributed by atoms with Gasteiger partial charge in [0.1, 0.15) is 11.3 Å². The van der Waals surface area contributed by atoms with Gasteiger partial charge in [-0.3, -0.25) is 14.3 Å². The van der Waals surface area contributed by atoms with Crippen LogP contribution in [0.4, 0.5) is 10.5 Å². The van der Waals surface area contributed by atoms with Crippen LogP contribution in [0.15, 0.2) is 48.5 Å². The van der Waals surface area contributed by atoms with Gasteiger partial charge in [-0.2, -0.15) is 0 Å². The summed E-state index contributed by atoms with van der Waals surface area (Å²) in [5, 5.41) is 11.2. The van der Waals surface area contributed by atoms with Gasteiger partial charge in [0.25, 0.3) is 5.91 Å². The fourth-order valence-electron chi connectivity index (χ4n) is 4.18. The zero-order valence-corrected chi connectivity index (χ0v) is 19.7. The summed E-state index contributed by atoms with van der Waals surface area (Å²) >= 11 is 0. The third-order valence-electron chi connectivity index (χ3n) is 5.52. The molecule has 1 amide bonds. The molecule has 1 unspecified atom stereocenters. The minimum atomic E-state index is -0.829. The van der Waals surface area contributed by atoms with Crippen molar-refractivity contribution in [1.82, 2.24) is 4.57 Å². The molecule has 1 atom stereocenters. The van der Waals surface area contributed by atoms with Gasteiger partial charge in [0.15, 0.2) is 0 Å². The lowest BCUT2D eigenvalue weighted by Gasteiger charge is -2.34. The van der Waals surface area contributed by atoms with E-state index in [4.69, 9.17) is 9.47 Å². The molecule has 34 heavy (non-hydrogen) atoms. The van der Waals surface area contributed by atoms with E-state index < -0.39 is 23.8 Å². The maximum atomic E-state index is 13.4. The molecule has 2 aromatic carbocycles. The summed E-state index contributed by atoms with van der Waals surface area (Å²) < 4.78 is 12.1. The number of fused-ring (bicyclic) bond motifs is 3. The zero-order valence-electron chi connectivity index (χ0n) is 19.7. The van der Waals surface area contributed by atoms with E-state index in [1.54, 1.807) is 76.2 Å². The fraction of sp³-hybridized carbons (Fsp3) is 0.346. The normalized spacial score (nSPS) is 15.7. The predicted octanol–water partition coefficient (Wildman–Crippen LogP) is 4.17. The average Bonchev–Trinajstić information content (AvgIpc) is 3.18. The third-order valence-corrected chi connectivity index (χ3v) is 5.52. The van der Waals surface area contributed by atoms with Crippen LogP contribution in [0.3, 0.4) is 0 Å². The Morgan fingerprint density at radius 2 is 1.79 bits per heavy atom. The number of hydrogen-bond acceptors (Lipinski definition) is 6. The summed E-state index contributed by atoms with van der Waals surface area (Å²) in [4.78, 5) is 40.5. The molecule has 178 valence electrons. The van der Waals surface area contributed by atoms with Crippen LogP contribution in [0.1, 0.15) is 54.1 Å². The highest BCUT2D eigenvalue weighted by molar-refractivity contribution is 6.10. The lowest BCUT2D eigenvalue weighted by atomic mass is 9.96. The van der Waals surface area contributed by atoms with Crippen LogP contribution in [0, 0.1) is 0 Å². The molecule has 0 saturated carbocycles. The van der Waals surface area contributed by atoms with Gasteiger partial charge in [-0.1, -0.05) is 18.2 Å². The number of aromatic nitrogens is 1. The van der Waals surface area contributed by atoms with Crippen molar-refractivity contribution < 1.29 is 29.0 Å². The van der Waals surface area contributed by atoms with Gasteiger partial charge in [0, 0.05) is 17.4 Å². The van der Waals surface area contributed by atoms with Crippen molar-refractivity contribution in [2.45, 2.75) is 45.8 Å². The van der Waals surface area contributed by atoms with Crippen molar-refractivity contribution in [2.75, 3.05) is 18.1 Å². The van der Waals surface area contributed by atoms with Crippen molar-refractivity contribution in [3.63, 3.8) is 0 Å². The number of esters is 1. The number of hydrogen-bond donors (Lipinski definition) is 1. The Morgan fingerprint density at radius 1 is 1.09 bits per heavy atom. The van der Waals surface area contributed by atoms with E-state index in [1.165, 1.54) is 9.47 Å². The second-order valence-electron chi connectivity index (χ2n) is 9.20. The largest absolute Gasteiger partial charge is 0.461 e. The molecule has 1 aromatic heterocycles. The molecule has 8 heteroatoms. The van der Waals surface area contributed by atoms with Crippen molar-refractivity contribution in [2.24, 2.45) is 0 Å². The van der Waals surface area contributed by atoms with Crippen LogP contribution in [0.2, 0.25) is 0 Å². The third kappa shape index (κ3) is 4.41. The monoisotopic (exact) mass is 464 g/mol. The van der Waals surface area contributed by atoms with E-state index in [2.05, 4.69) is 0 Å². The summed E-state index contributed by atoms with van der Waals surface area (Å²) in [5.74, 6) is -1.00. The van der Waals surface area contributed by atoms with Gasteiger partial charge in [0.05, 0.1) is 30.5 Å². The number of anilines is 1. The van der Waals surface area contributed by atoms with E-state index >= 15 is 0 Å². The maximum Gasteiger partial charge on any atom is 0.414 e. The SMILES string of the molecule is CCOC(=O)c1cc2c3c(ccc2n1C(=O)c1ccccc1)N(C(=O)OC(C)(C)C)CC(O)C3. The summed E-state index contributed by atoms with van der Waals surface area (Å²) in [5.41, 5.74) is 1.53. The van der Waals surface area contributed by atoms with E-state index in [9.17, 15) is 19.5 Å². The highest BCUT2D eigenvalue weighted by atomic mass is 16.6. The molecule has 3 aromatic rings. The quantitative estimate of drug-likeness (QED) is 0.585. The smallest absolute Gasteiger partial charge is 0.414 e. The molecule has 2 heterocycles. The summed E-state index contributed by atoms with van der Waals surface area (Å²) in [6.07, 6.45) is -1.14. The van der Waals surface area contributed by atoms with Gasteiger partial charge in [-0.05, 0) is 63.6 Å². The number of ether oxygens (including phenoxy) is 2. The number of carbonyl (C=O) groups is 3. The van der Waals surface area contributed by atoms with Crippen molar-refractivity contribution in [3.8, 4) is 0 Å². The minimum absolute atomic E-state index is 0.0851. The van der Waals surface area contributed by atoms with E-state index in [-0.39, 0.29) is 31.2 Å². The Hall–Kier alpha value is -3.65. The highest BCUT2D eigenvalue weighted by Crippen LogP contribution is 2.36. The average molecular weight is 465 g/mol. The van der Waals surface area contributed by atoms with Crippen LogP contribution in [-0.4, -0.2) is 52.5 Å². The van der Waals surface area contributed by atoms with Gasteiger partial charge in [-0.15, -0.1) is 0 Å². The number of β-amino-alcohol motifs (C(OH)–C–C–N with tert-alkyl or cyclic N) is 1.